The maximum absolute atomic E-state index is 11.9. The summed E-state index contributed by atoms with van der Waals surface area (Å²) in [6.07, 6.45) is -0.666. The molecule has 0 saturated carbocycles. The maximum atomic E-state index is 11.9. The third-order valence-corrected chi connectivity index (χ3v) is 5.26. The van der Waals surface area contributed by atoms with Crippen LogP contribution in [0.2, 0.25) is 0 Å². The van der Waals surface area contributed by atoms with Gasteiger partial charge in [0.15, 0.2) is 6.10 Å². The number of amides is 1. The van der Waals surface area contributed by atoms with E-state index in [4.69, 9.17) is 14.2 Å². The van der Waals surface area contributed by atoms with E-state index in [1.807, 2.05) is 44.2 Å². The molecule has 5 nitrogen and oxygen atoms in total. The molecular weight excluding hydrogens is 306 g/mol. The van der Waals surface area contributed by atoms with E-state index >= 15 is 0 Å². The minimum Gasteiger partial charge on any atom is -0.464 e. The molecule has 0 N–H and O–H groups in total. The number of carbonyl (C=O) groups excluding carboxylic acids is 1. The summed E-state index contributed by atoms with van der Waals surface area (Å²) in [5.41, 5.74) is -0.427. The van der Waals surface area contributed by atoms with Crippen molar-refractivity contribution in [3.63, 3.8) is 0 Å². The van der Waals surface area contributed by atoms with Crippen LogP contribution >= 0.6 is 0 Å². The highest BCUT2D eigenvalue weighted by Gasteiger charge is 2.57. The third kappa shape index (κ3) is 2.23. The molecule has 0 radical (unpaired) electrons. The lowest BCUT2D eigenvalue weighted by Gasteiger charge is -2.43. The van der Waals surface area contributed by atoms with Gasteiger partial charge < -0.3 is 19.1 Å². The van der Waals surface area contributed by atoms with Crippen LogP contribution in [-0.2, 0) is 9.47 Å². The lowest BCUT2D eigenvalue weighted by atomic mass is 9.85. The van der Waals surface area contributed by atoms with Gasteiger partial charge in [-0.05, 0) is 25.3 Å². The summed E-state index contributed by atoms with van der Waals surface area (Å²) in [5, 5.41) is 2.18. The molecule has 126 valence electrons. The molecule has 4 atom stereocenters. The Morgan fingerprint density at radius 2 is 1.96 bits per heavy atom. The molecule has 2 aromatic carbocycles. The molecule has 0 spiro atoms. The quantitative estimate of drug-likeness (QED) is 0.846. The van der Waals surface area contributed by atoms with Crippen LogP contribution in [0.1, 0.15) is 20.3 Å². The van der Waals surface area contributed by atoms with Gasteiger partial charge in [0, 0.05) is 18.9 Å². The van der Waals surface area contributed by atoms with Crippen molar-refractivity contribution in [1.29, 1.82) is 0 Å². The standard InChI is InChI=1S/C19H21NO4/c1-12-17-19(2,20(3)18(21)24-17)11-16(22-12)23-15-10-6-8-13-7-4-5-9-14(13)15/h4-10,12,16-17H,11H2,1-3H3/t12-,16-,17+,19-/m0/s1. The topological polar surface area (TPSA) is 48.0 Å². The average molecular weight is 327 g/mol. The maximum Gasteiger partial charge on any atom is 0.410 e. The number of carbonyl (C=O) groups is 1. The lowest BCUT2D eigenvalue weighted by molar-refractivity contribution is -0.200. The molecule has 2 aliphatic rings. The highest BCUT2D eigenvalue weighted by molar-refractivity contribution is 5.88. The summed E-state index contributed by atoms with van der Waals surface area (Å²) in [7, 11) is 1.77. The second-order valence-corrected chi connectivity index (χ2v) is 6.79. The Balaban J connectivity index is 1.62. The number of fused-ring (bicyclic) bond motifs is 2. The molecule has 2 saturated heterocycles. The SMILES string of the molecule is C[C@@H]1O[C@@H](Oc2cccc3ccccc23)C[C@@]2(C)[C@@H]1OC(=O)N2C. The molecule has 2 aromatic rings. The molecule has 0 aromatic heterocycles. The number of rotatable bonds is 2. The van der Waals surface area contributed by atoms with Crippen molar-refractivity contribution in [3.05, 3.63) is 42.5 Å². The average Bonchev–Trinajstić information content (AvgIpc) is 2.80. The van der Waals surface area contributed by atoms with Crippen LogP contribution in [0.15, 0.2) is 42.5 Å². The van der Waals surface area contributed by atoms with Crippen molar-refractivity contribution in [1.82, 2.24) is 4.90 Å². The molecule has 2 heterocycles. The molecule has 0 bridgehead atoms. The normalized spacial score (nSPS) is 32.5. The van der Waals surface area contributed by atoms with E-state index in [-0.39, 0.29) is 18.3 Å². The molecular formula is C19H21NO4. The number of likely N-dealkylation sites (N-methyl/N-ethyl adjacent to an activating group) is 1. The van der Waals surface area contributed by atoms with Gasteiger partial charge in [-0.15, -0.1) is 0 Å². The first-order valence-corrected chi connectivity index (χ1v) is 8.23. The van der Waals surface area contributed by atoms with Gasteiger partial charge in [0.25, 0.3) is 0 Å². The van der Waals surface area contributed by atoms with Gasteiger partial charge in [0.2, 0.25) is 6.29 Å². The van der Waals surface area contributed by atoms with E-state index in [1.165, 1.54) is 0 Å². The Morgan fingerprint density at radius 3 is 2.79 bits per heavy atom. The molecule has 24 heavy (non-hydrogen) atoms. The lowest BCUT2D eigenvalue weighted by Crippen LogP contribution is -2.58. The summed E-state index contributed by atoms with van der Waals surface area (Å²) < 4.78 is 17.6. The van der Waals surface area contributed by atoms with E-state index < -0.39 is 11.8 Å². The van der Waals surface area contributed by atoms with E-state index in [0.717, 1.165) is 16.5 Å². The van der Waals surface area contributed by atoms with Crippen molar-refractivity contribution >= 4 is 16.9 Å². The second kappa shape index (κ2) is 5.38. The Bertz CT molecular complexity index is 787. The molecule has 0 aliphatic carbocycles. The third-order valence-electron chi connectivity index (χ3n) is 5.26. The zero-order valence-electron chi connectivity index (χ0n) is 14.1. The van der Waals surface area contributed by atoms with Gasteiger partial charge in [-0.2, -0.15) is 0 Å². The fraction of sp³-hybridized carbons (Fsp3) is 0.421. The Morgan fingerprint density at radius 1 is 1.21 bits per heavy atom. The minimum atomic E-state index is -0.427. The highest BCUT2D eigenvalue weighted by atomic mass is 16.7. The Kier molecular flexibility index (Phi) is 3.42. The zero-order chi connectivity index (χ0) is 16.9. The Labute approximate surface area is 141 Å². The largest absolute Gasteiger partial charge is 0.464 e. The van der Waals surface area contributed by atoms with Crippen LogP contribution in [0.25, 0.3) is 10.8 Å². The van der Waals surface area contributed by atoms with Crippen LogP contribution < -0.4 is 4.74 Å². The molecule has 0 unspecified atom stereocenters. The number of nitrogens with zero attached hydrogens (tertiary/aromatic N) is 1. The van der Waals surface area contributed by atoms with Gasteiger partial charge in [-0.3, -0.25) is 0 Å². The van der Waals surface area contributed by atoms with E-state index in [1.54, 1.807) is 11.9 Å². The van der Waals surface area contributed by atoms with Gasteiger partial charge in [-0.25, -0.2) is 4.79 Å². The molecule has 4 rings (SSSR count). The first kappa shape index (κ1) is 15.3. The second-order valence-electron chi connectivity index (χ2n) is 6.79. The number of benzene rings is 2. The van der Waals surface area contributed by atoms with E-state index in [2.05, 4.69) is 12.1 Å². The smallest absolute Gasteiger partial charge is 0.410 e. The van der Waals surface area contributed by atoms with Crippen LogP contribution in [0.4, 0.5) is 4.79 Å². The Hall–Kier alpha value is -2.27. The van der Waals surface area contributed by atoms with Crippen molar-refractivity contribution in [2.75, 3.05) is 7.05 Å². The van der Waals surface area contributed by atoms with Gasteiger partial charge in [0.1, 0.15) is 5.75 Å². The summed E-state index contributed by atoms with van der Waals surface area (Å²) in [6, 6.07) is 14.1. The van der Waals surface area contributed by atoms with Crippen LogP contribution in [0.5, 0.6) is 5.75 Å². The number of ether oxygens (including phenoxy) is 3. The summed E-state index contributed by atoms with van der Waals surface area (Å²) in [5.74, 6) is 0.792. The zero-order valence-corrected chi connectivity index (χ0v) is 14.1. The summed E-state index contributed by atoms with van der Waals surface area (Å²) >= 11 is 0. The highest BCUT2D eigenvalue weighted by Crippen LogP contribution is 2.41. The van der Waals surface area contributed by atoms with Gasteiger partial charge in [0.05, 0.1) is 11.6 Å². The molecule has 1 amide bonds. The molecule has 2 aliphatic heterocycles. The summed E-state index contributed by atoms with van der Waals surface area (Å²) in [6.45, 7) is 3.95. The van der Waals surface area contributed by atoms with Crippen LogP contribution in [0.3, 0.4) is 0 Å². The van der Waals surface area contributed by atoms with Crippen molar-refractivity contribution in [2.24, 2.45) is 0 Å². The van der Waals surface area contributed by atoms with E-state index in [9.17, 15) is 4.79 Å². The number of hydrogen-bond donors (Lipinski definition) is 0. The first-order valence-electron chi connectivity index (χ1n) is 8.23. The van der Waals surface area contributed by atoms with E-state index in [0.29, 0.717) is 6.42 Å². The predicted molar refractivity (Wildman–Crippen MR) is 90.0 cm³/mol. The minimum absolute atomic E-state index is 0.224. The van der Waals surface area contributed by atoms with Crippen molar-refractivity contribution in [2.45, 2.75) is 44.3 Å². The monoisotopic (exact) mass is 327 g/mol. The summed E-state index contributed by atoms with van der Waals surface area (Å²) in [4.78, 5) is 13.6. The molecule has 5 heteroatoms. The fourth-order valence-electron chi connectivity index (χ4n) is 3.77. The molecule has 2 fully saturated rings. The van der Waals surface area contributed by atoms with Crippen molar-refractivity contribution in [3.8, 4) is 5.75 Å². The van der Waals surface area contributed by atoms with Gasteiger partial charge >= 0.3 is 6.09 Å². The predicted octanol–water partition coefficient (Wildman–Crippen LogP) is 3.56. The van der Waals surface area contributed by atoms with Crippen LogP contribution in [-0.4, -0.2) is 42.1 Å². The van der Waals surface area contributed by atoms with Crippen LogP contribution in [0, 0.1) is 0 Å². The fourth-order valence-corrected chi connectivity index (χ4v) is 3.77. The van der Waals surface area contributed by atoms with Crippen molar-refractivity contribution < 1.29 is 19.0 Å². The first-order chi connectivity index (χ1) is 11.5. The van der Waals surface area contributed by atoms with Gasteiger partial charge in [-0.1, -0.05) is 36.4 Å². The number of hydrogen-bond acceptors (Lipinski definition) is 4.